The molecule has 1 unspecified atom stereocenters. The van der Waals surface area contributed by atoms with E-state index in [0.717, 1.165) is 12.8 Å². The third-order valence-electron chi connectivity index (χ3n) is 2.10. The first-order valence-electron chi connectivity index (χ1n) is 4.31. The molecule has 0 aromatic carbocycles. The lowest BCUT2D eigenvalue weighted by atomic mass is 10.1. The highest BCUT2D eigenvalue weighted by Crippen LogP contribution is 2.16. The van der Waals surface area contributed by atoms with Gasteiger partial charge in [0.05, 0.1) is 6.61 Å². The van der Waals surface area contributed by atoms with Crippen molar-refractivity contribution in [2.45, 2.75) is 31.4 Å². The van der Waals surface area contributed by atoms with Gasteiger partial charge in [-0.1, -0.05) is 0 Å². The zero-order valence-electron chi connectivity index (χ0n) is 7.14. The van der Waals surface area contributed by atoms with Crippen LogP contribution in [0.3, 0.4) is 0 Å². The van der Waals surface area contributed by atoms with Crippen molar-refractivity contribution >= 4 is 5.90 Å². The highest BCUT2D eigenvalue weighted by atomic mass is 16.7. The standard InChI is InChI=1S/C7H13N3O3/c8-4-1-2-5(12-3-4)6-9-10-7(11)13-6/h4-5,7,10-11H,1-3,8H2/t4-,5+,7?/m1/s1. The number of hydrogen-bond donors (Lipinski definition) is 3. The first kappa shape index (κ1) is 8.74. The third-order valence-corrected chi connectivity index (χ3v) is 2.10. The molecule has 4 N–H and O–H groups in total. The summed E-state index contributed by atoms with van der Waals surface area (Å²) < 4.78 is 10.4. The van der Waals surface area contributed by atoms with Gasteiger partial charge in [0.1, 0.15) is 6.10 Å². The van der Waals surface area contributed by atoms with Gasteiger partial charge in [0, 0.05) is 6.04 Å². The van der Waals surface area contributed by atoms with E-state index in [1.165, 1.54) is 0 Å². The van der Waals surface area contributed by atoms with E-state index < -0.39 is 6.41 Å². The zero-order valence-corrected chi connectivity index (χ0v) is 7.14. The van der Waals surface area contributed by atoms with Crippen LogP contribution < -0.4 is 11.2 Å². The number of aliphatic hydroxyl groups is 1. The van der Waals surface area contributed by atoms with E-state index in [-0.39, 0.29) is 12.1 Å². The van der Waals surface area contributed by atoms with Crippen molar-refractivity contribution in [1.29, 1.82) is 0 Å². The van der Waals surface area contributed by atoms with Crippen molar-refractivity contribution in [1.82, 2.24) is 5.43 Å². The first-order chi connectivity index (χ1) is 6.25. The summed E-state index contributed by atoms with van der Waals surface area (Å²) in [5, 5.41) is 12.7. The monoisotopic (exact) mass is 187 g/mol. The maximum Gasteiger partial charge on any atom is 0.295 e. The summed E-state index contributed by atoms with van der Waals surface area (Å²) in [5.74, 6) is 0.416. The minimum Gasteiger partial charge on any atom is -0.428 e. The lowest BCUT2D eigenvalue weighted by Gasteiger charge is -2.25. The second kappa shape index (κ2) is 3.49. The predicted octanol–water partition coefficient (Wildman–Crippen LogP) is -1.30. The van der Waals surface area contributed by atoms with Gasteiger partial charge in [-0.2, -0.15) is 0 Å². The lowest BCUT2D eigenvalue weighted by molar-refractivity contribution is -0.0486. The van der Waals surface area contributed by atoms with E-state index in [1.807, 2.05) is 0 Å². The van der Waals surface area contributed by atoms with Crippen molar-refractivity contribution in [3.8, 4) is 0 Å². The molecule has 0 amide bonds. The molecule has 0 aromatic heterocycles. The molecule has 0 radical (unpaired) electrons. The fourth-order valence-corrected chi connectivity index (χ4v) is 1.40. The fourth-order valence-electron chi connectivity index (χ4n) is 1.40. The predicted molar refractivity (Wildman–Crippen MR) is 44.6 cm³/mol. The average Bonchev–Trinajstić information content (AvgIpc) is 2.53. The van der Waals surface area contributed by atoms with Gasteiger partial charge in [0.2, 0.25) is 5.90 Å². The molecule has 2 aliphatic rings. The lowest BCUT2D eigenvalue weighted by Crippen LogP contribution is -2.39. The fraction of sp³-hybridized carbons (Fsp3) is 0.857. The van der Waals surface area contributed by atoms with Gasteiger partial charge in [-0.05, 0) is 12.8 Å². The van der Waals surface area contributed by atoms with Crippen LogP contribution in [0.4, 0.5) is 0 Å². The minimum atomic E-state index is -1.03. The Morgan fingerprint density at radius 2 is 2.38 bits per heavy atom. The molecule has 2 heterocycles. The van der Waals surface area contributed by atoms with E-state index >= 15 is 0 Å². The van der Waals surface area contributed by atoms with Crippen LogP contribution in [-0.2, 0) is 9.47 Å². The first-order valence-corrected chi connectivity index (χ1v) is 4.31. The summed E-state index contributed by atoms with van der Waals surface area (Å²) >= 11 is 0. The normalized spacial score (nSPS) is 39.2. The maximum atomic E-state index is 8.95. The third kappa shape index (κ3) is 1.90. The molecule has 6 heteroatoms. The van der Waals surface area contributed by atoms with Crippen LogP contribution in [-0.4, -0.2) is 36.2 Å². The minimum absolute atomic E-state index is 0.108. The van der Waals surface area contributed by atoms with Crippen LogP contribution in [0.2, 0.25) is 0 Å². The van der Waals surface area contributed by atoms with Crippen LogP contribution >= 0.6 is 0 Å². The summed E-state index contributed by atoms with van der Waals surface area (Å²) in [5.41, 5.74) is 8.04. The van der Waals surface area contributed by atoms with Crippen molar-refractivity contribution in [3.05, 3.63) is 0 Å². The Balaban J connectivity index is 1.88. The second-order valence-electron chi connectivity index (χ2n) is 3.21. The maximum absolute atomic E-state index is 8.95. The van der Waals surface area contributed by atoms with E-state index in [2.05, 4.69) is 10.5 Å². The molecule has 2 rings (SSSR count). The van der Waals surface area contributed by atoms with Gasteiger partial charge in [-0.25, -0.2) is 5.43 Å². The van der Waals surface area contributed by atoms with Crippen LogP contribution in [0.5, 0.6) is 0 Å². The Hall–Kier alpha value is -0.850. The molecule has 3 atom stereocenters. The molecular weight excluding hydrogens is 174 g/mol. The van der Waals surface area contributed by atoms with Gasteiger partial charge in [-0.15, -0.1) is 5.10 Å². The number of hydrogen-bond acceptors (Lipinski definition) is 6. The van der Waals surface area contributed by atoms with Gasteiger partial charge in [0.25, 0.3) is 6.41 Å². The second-order valence-corrected chi connectivity index (χ2v) is 3.21. The van der Waals surface area contributed by atoms with Crippen LogP contribution in [0.1, 0.15) is 12.8 Å². The largest absolute Gasteiger partial charge is 0.428 e. The number of nitrogens with two attached hydrogens (primary N) is 1. The number of ether oxygens (including phenoxy) is 2. The Bertz CT molecular complexity index is 213. The average molecular weight is 187 g/mol. The van der Waals surface area contributed by atoms with E-state index in [9.17, 15) is 0 Å². The summed E-state index contributed by atoms with van der Waals surface area (Å²) in [6, 6.07) is 0.108. The summed E-state index contributed by atoms with van der Waals surface area (Å²) in [6.07, 6.45) is 0.482. The van der Waals surface area contributed by atoms with Gasteiger partial charge >= 0.3 is 0 Å². The Kier molecular flexibility index (Phi) is 2.34. The molecule has 74 valence electrons. The van der Waals surface area contributed by atoms with Gasteiger partial charge in [0.15, 0.2) is 0 Å². The molecule has 2 aliphatic heterocycles. The molecule has 0 spiro atoms. The van der Waals surface area contributed by atoms with Crippen molar-refractivity contribution in [2.24, 2.45) is 10.8 Å². The van der Waals surface area contributed by atoms with Crippen LogP contribution in [0.25, 0.3) is 0 Å². The van der Waals surface area contributed by atoms with Crippen LogP contribution in [0.15, 0.2) is 5.10 Å². The molecule has 6 nitrogen and oxygen atoms in total. The number of nitrogens with one attached hydrogen (secondary N) is 1. The molecule has 1 saturated heterocycles. The molecule has 0 saturated carbocycles. The van der Waals surface area contributed by atoms with Crippen molar-refractivity contribution in [3.63, 3.8) is 0 Å². The molecule has 13 heavy (non-hydrogen) atoms. The molecular formula is C7H13N3O3. The number of aliphatic hydroxyl groups excluding tert-OH is 1. The number of hydrazone groups is 1. The van der Waals surface area contributed by atoms with E-state index in [0.29, 0.717) is 12.5 Å². The van der Waals surface area contributed by atoms with Gasteiger partial charge < -0.3 is 20.3 Å². The van der Waals surface area contributed by atoms with Crippen molar-refractivity contribution in [2.75, 3.05) is 6.61 Å². The Labute approximate surface area is 75.7 Å². The smallest absolute Gasteiger partial charge is 0.295 e. The Morgan fingerprint density at radius 1 is 1.54 bits per heavy atom. The summed E-state index contributed by atoms with van der Waals surface area (Å²) in [4.78, 5) is 0. The number of nitrogens with zero attached hydrogens (tertiary/aromatic N) is 1. The molecule has 1 fully saturated rings. The SMILES string of the molecule is N[C@@H]1CC[C@@H](C2=NNC(O)O2)OC1. The van der Waals surface area contributed by atoms with Crippen LogP contribution in [0, 0.1) is 0 Å². The van der Waals surface area contributed by atoms with Crippen molar-refractivity contribution < 1.29 is 14.6 Å². The number of rotatable bonds is 1. The molecule has 0 aliphatic carbocycles. The zero-order chi connectivity index (χ0) is 9.26. The van der Waals surface area contributed by atoms with E-state index in [4.69, 9.17) is 20.3 Å². The Morgan fingerprint density at radius 3 is 2.92 bits per heavy atom. The summed E-state index contributed by atoms with van der Waals surface area (Å²) in [7, 11) is 0. The summed E-state index contributed by atoms with van der Waals surface area (Å²) in [6.45, 7) is 0.517. The topological polar surface area (TPSA) is 89.1 Å². The highest BCUT2D eigenvalue weighted by Gasteiger charge is 2.29. The quantitative estimate of drug-likeness (QED) is 0.475. The highest BCUT2D eigenvalue weighted by molar-refractivity contribution is 5.81. The van der Waals surface area contributed by atoms with Gasteiger partial charge in [-0.3, -0.25) is 0 Å². The molecule has 0 aromatic rings. The van der Waals surface area contributed by atoms with E-state index in [1.54, 1.807) is 0 Å². The molecule has 0 bridgehead atoms.